The molecule has 0 aromatic carbocycles. The number of nitrogen functional groups attached to an aromatic ring is 1. The first-order valence-electron chi connectivity index (χ1n) is 4.03. The number of anilines is 1. The molecule has 80 valence electrons. The van der Waals surface area contributed by atoms with Gasteiger partial charge in [-0.3, -0.25) is 4.79 Å². The molecule has 1 heterocycles. The quantitative estimate of drug-likeness (QED) is 0.571. The van der Waals surface area contributed by atoms with Crippen molar-refractivity contribution in [3.8, 4) is 12.3 Å². The molecule has 0 aliphatic rings. The molecule has 0 bridgehead atoms. The van der Waals surface area contributed by atoms with E-state index in [9.17, 15) is 4.79 Å². The van der Waals surface area contributed by atoms with Crippen molar-refractivity contribution in [3.63, 3.8) is 0 Å². The van der Waals surface area contributed by atoms with Crippen LogP contribution in [0.2, 0.25) is 0 Å². The molecule has 0 atom stereocenters. The summed E-state index contributed by atoms with van der Waals surface area (Å²) in [5, 5.41) is 2.59. The third-order valence-corrected chi connectivity index (χ3v) is 1.46. The topological polar surface area (TPSA) is 80.9 Å². The van der Waals surface area contributed by atoms with Gasteiger partial charge < -0.3 is 11.1 Å². The van der Waals surface area contributed by atoms with E-state index in [-0.39, 0.29) is 29.8 Å². The second kappa shape index (κ2) is 6.62. The van der Waals surface area contributed by atoms with Crippen molar-refractivity contribution in [2.45, 2.75) is 6.42 Å². The highest BCUT2D eigenvalue weighted by Crippen LogP contribution is 1.95. The van der Waals surface area contributed by atoms with E-state index in [1.54, 1.807) is 0 Å². The van der Waals surface area contributed by atoms with E-state index < -0.39 is 0 Å². The first kappa shape index (κ1) is 13.2. The van der Waals surface area contributed by atoms with Crippen molar-refractivity contribution >= 4 is 24.1 Å². The van der Waals surface area contributed by atoms with E-state index in [1.165, 1.54) is 12.4 Å². The Morgan fingerprint density at radius 2 is 2.27 bits per heavy atom. The number of halogens is 1. The van der Waals surface area contributed by atoms with Crippen molar-refractivity contribution in [2.24, 2.45) is 0 Å². The Kier molecular flexibility index (Phi) is 5.83. The fourth-order valence-corrected chi connectivity index (χ4v) is 0.794. The van der Waals surface area contributed by atoms with Gasteiger partial charge in [0, 0.05) is 13.0 Å². The Balaban J connectivity index is 0.00000196. The standard InChI is InChI=1S/C9H10N4O.ClH/c1-2-3-4-11-9(14)7-5-13-8(10)6-12-7;/h1,5-6H,3-4H2,(H2,10,13)(H,11,14);1H. The van der Waals surface area contributed by atoms with Crippen LogP contribution in [0.4, 0.5) is 5.82 Å². The zero-order valence-electron chi connectivity index (χ0n) is 7.93. The van der Waals surface area contributed by atoms with Gasteiger partial charge in [0.15, 0.2) is 0 Å². The summed E-state index contributed by atoms with van der Waals surface area (Å²) in [6.45, 7) is 0.432. The number of terminal acetylenes is 1. The zero-order chi connectivity index (χ0) is 10.4. The fraction of sp³-hybridized carbons (Fsp3) is 0.222. The molecule has 5 nitrogen and oxygen atoms in total. The molecule has 1 aromatic rings. The predicted octanol–water partition coefficient (Wildman–Crippen LogP) is 0.234. The van der Waals surface area contributed by atoms with E-state index in [4.69, 9.17) is 12.2 Å². The summed E-state index contributed by atoms with van der Waals surface area (Å²) in [5.74, 6) is 2.40. The molecular formula is C9H11ClN4O. The number of hydrogen-bond acceptors (Lipinski definition) is 4. The molecule has 0 spiro atoms. The molecule has 15 heavy (non-hydrogen) atoms. The van der Waals surface area contributed by atoms with E-state index >= 15 is 0 Å². The molecule has 3 N–H and O–H groups in total. The van der Waals surface area contributed by atoms with Crippen LogP contribution >= 0.6 is 12.4 Å². The molecule has 0 aliphatic carbocycles. The molecule has 1 rings (SSSR count). The minimum Gasteiger partial charge on any atom is -0.382 e. The van der Waals surface area contributed by atoms with Gasteiger partial charge in [-0.2, -0.15) is 0 Å². The second-order valence-corrected chi connectivity index (χ2v) is 2.54. The summed E-state index contributed by atoms with van der Waals surface area (Å²) in [6.07, 6.45) is 8.17. The maximum absolute atomic E-state index is 11.3. The number of aromatic nitrogens is 2. The normalized spacial score (nSPS) is 8.47. The summed E-state index contributed by atoms with van der Waals surface area (Å²) in [6, 6.07) is 0. The monoisotopic (exact) mass is 226 g/mol. The number of nitrogens with zero attached hydrogens (tertiary/aromatic N) is 2. The molecule has 0 radical (unpaired) electrons. The Morgan fingerprint density at radius 1 is 1.53 bits per heavy atom. The Bertz CT molecular complexity index is 357. The van der Waals surface area contributed by atoms with Crippen molar-refractivity contribution in [2.75, 3.05) is 12.3 Å². The smallest absolute Gasteiger partial charge is 0.271 e. The molecular weight excluding hydrogens is 216 g/mol. The lowest BCUT2D eigenvalue weighted by atomic mass is 10.4. The van der Waals surface area contributed by atoms with Crippen molar-refractivity contribution in [1.82, 2.24) is 15.3 Å². The molecule has 0 saturated carbocycles. The van der Waals surface area contributed by atoms with Crippen molar-refractivity contribution in [3.05, 3.63) is 18.1 Å². The van der Waals surface area contributed by atoms with Crippen LogP contribution in [0.1, 0.15) is 16.9 Å². The molecule has 0 unspecified atom stereocenters. The van der Waals surface area contributed by atoms with Gasteiger partial charge in [0.2, 0.25) is 0 Å². The number of nitrogens with two attached hydrogens (primary N) is 1. The third-order valence-electron chi connectivity index (χ3n) is 1.46. The van der Waals surface area contributed by atoms with Gasteiger partial charge in [-0.25, -0.2) is 9.97 Å². The summed E-state index contributed by atoms with van der Waals surface area (Å²) >= 11 is 0. The second-order valence-electron chi connectivity index (χ2n) is 2.54. The maximum atomic E-state index is 11.3. The Morgan fingerprint density at radius 3 is 2.80 bits per heavy atom. The number of nitrogens with one attached hydrogen (secondary N) is 1. The number of hydrogen-bond donors (Lipinski definition) is 2. The van der Waals surface area contributed by atoms with E-state index in [0.29, 0.717) is 13.0 Å². The van der Waals surface area contributed by atoms with Gasteiger partial charge in [-0.15, -0.1) is 24.8 Å². The van der Waals surface area contributed by atoms with Gasteiger partial charge in [0.25, 0.3) is 5.91 Å². The molecule has 1 aromatic heterocycles. The summed E-state index contributed by atoms with van der Waals surface area (Å²) in [5.41, 5.74) is 5.55. The molecule has 0 aliphatic heterocycles. The van der Waals surface area contributed by atoms with Crippen LogP contribution in [0.15, 0.2) is 12.4 Å². The zero-order valence-corrected chi connectivity index (χ0v) is 8.75. The Labute approximate surface area is 93.9 Å². The number of carbonyl (C=O) groups excluding carboxylic acids is 1. The van der Waals surface area contributed by atoms with Crippen LogP contribution in [0, 0.1) is 12.3 Å². The fourth-order valence-electron chi connectivity index (χ4n) is 0.794. The van der Waals surface area contributed by atoms with Gasteiger partial charge in [-0.05, 0) is 0 Å². The molecule has 0 saturated heterocycles. The number of amides is 1. The minimum atomic E-state index is -0.298. The third kappa shape index (κ3) is 4.29. The first-order chi connectivity index (χ1) is 6.74. The molecule has 6 heteroatoms. The summed E-state index contributed by atoms with van der Waals surface area (Å²) < 4.78 is 0. The van der Waals surface area contributed by atoms with E-state index in [2.05, 4.69) is 21.2 Å². The van der Waals surface area contributed by atoms with Crippen LogP contribution in [-0.4, -0.2) is 22.4 Å². The van der Waals surface area contributed by atoms with E-state index in [1.807, 2.05) is 0 Å². The van der Waals surface area contributed by atoms with Crippen LogP contribution < -0.4 is 11.1 Å². The van der Waals surface area contributed by atoms with Gasteiger partial charge in [0.1, 0.15) is 11.5 Å². The van der Waals surface area contributed by atoms with Gasteiger partial charge in [0.05, 0.1) is 12.4 Å². The van der Waals surface area contributed by atoms with Crippen LogP contribution in [0.3, 0.4) is 0 Å². The van der Waals surface area contributed by atoms with Crippen molar-refractivity contribution < 1.29 is 4.79 Å². The Hall–Kier alpha value is -1.80. The minimum absolute atomic E-state index is 0. The van der Waals surface area contributed by atoms with E-state index in [0.717, 1.165) is 0 Å². The van der Waals surface area contributed by atoms with Crippen LogP contribution in [-0.2, 0) is 0 Å². The largest absolute Gasteiger partial charge is 0.382 e. The maximum Gasteiger partial charge on any atom is 0.271 e. The predicted molar refractivity (Wildman–Crippen MR) is 59.5 cm³/mol. The molecule has 1 amide bonds. The number of rotatable bonds is 3. The highest BCUT2D eigenvalue weighted by atomic mass is 35.5. The lowest BCUT2D eigenvalue weighted by Crippen LogP contribution is -2.25. The first-order valence-corrected chi connectivity index (χ1v) is 4.03. The van der Waals surface area contributed by atoms with Crippen LogP contribution in [0.5, 0.6) is 0 Å². The lowest BCUT2D eigenvalue weighted by molar-refractivity contribution is 0.0949. The summed E-state index contributed by atoms with van der Waals surface area (Å²) in [7, 11) is 0. The van der Waals surface area contributed by atoms with Gasteiger partial charge in [-0.1, -0.05) is 0 Å². The highest BCUT2D eigenvalue weighted by Gasteiger charge is 2.05. The van der Waals surface area contributed by atoms with Crippen LogP contribution in [0.25, 0.3) is 0 Å². The van der Waals surface area contributed by atoms with Crippen molar-refractivity contribution in [1.29, 1.82) is 0 Å². The average Bonchev–Trinajstić information content (AvgIpc) is 2.19. The average molecular weight is 227 g/mol. The molecule has 0 fully saturated rings. The SMILES string of the molecule is C#CCCNC(=O)c1cnc(N)cn1.Cl. The van der Waals surface area contributed by atoms with Gasteiger partial charge >= 0.3 is 0 Å². The highest BCUT2D eigenvalue weighted by molar-refractivity contribution is 5.91. The lowest BCUT2D eigenvalue weighted by Gasteiger charge is -2.01. The number of carbonyl (C=O) groups is 1. The summed E-state index contributed by atoms with van der Waals surface area (Å²) in [4.78, 5) is 18.9.